The lowest BCUT2D eigenvalue weighted by atomic mass is 9.85. The third-order valence-corrected chi connectivity index (χ3v) is 9.04. The highest BCUT2D eigenvalue weighted by Crippen LogP contribution is 2.36. The first-order chi connectivity index (χ1) is 19.6. The van der Waals surface area contributed by atoms with Crippen LogP contribution in [-0.4, -0.2) is 59.4 Å². The summed E-state index contributed by atoms with van der Waals surface area (Å²) in [7, 11) is 1.63. The second-order valence-electron chi connectivity index (χ2n) is 11.1. The molecule has 0 spiro atoms. The number of hydrogen-bond acceptors (Lipinski definition) is 5. The zero-order valence-corrected chi connectivity index (χ0v) is 27.6. The number of likely N-dealkylation sites (tertiary alicyclic amines) is 2. The molecule has 2 aliphatic rings. The van der Waals surface area contributed by atoms with Crippen LogP contribution in [0.3, 0.4) is 0 Å². The van der Waals surface area contributed by atoms with Crippen LogP contribution in [0.5, 0.6) is 5.88 Å². The number of ether oxygens (including phenoxy) is 1. The van der Waals surface area contributed by atoms with E-state index in [1.165, 1.54) is 12.0 Å². The second-order valence-corrected chi connectivity index (χ2v) is 12.1. The third kappa shape index (κ3) is 7.22. The van der Waals surface area contributed by atoms with Crippen molar-refractivity contribution in [3.05, 3.63) is 106 Å². The molecule has 1 aromatic heterocycles. The molecule has 222 valence electrons. The second kappa shape index (κ2) is 14.9. The van der Waals surface area contributed by atoms with Crippen molar-refractivity contribution in [3.63, 3.8) is 0 Å². The van der Waals surface area contributed by atoms with Crippen LogP contribution in [0.25, 0.3) is 10.9 Å². The van der Waals surface area contributed by atoms with Crippen LogP contribution in [0.1, 0.15) is 48.3 Å². The number of carbonyl (C=O) groups excluding carboxylic acids is 1. The number of rotatable bonds is 11. The smallest absolute Gasteiger partial charge is 0.217 e. The lowest BCUT2D eigenvalue weighted by Gasteiger charge is -2.34. The molecule has 0 radical (unpaired) electrons. The topological polar surface area (TPSA) is 45.7 Å². The largest absolute Gasteiger partial charge is 0.481 e. The highest BCUT2D eigenvalue weighted by Gasteiger charge is 2.42. The number of nitrogens with zero attached hydrogens (tertiary/aromatic N) is 3. The summed E-state index contributed by atoms with van der Waals surface area (Å²) in [6, 6.07) is 30.2. The summed E-state index contributed by atoms with van der Waals surface area (Å²) in [5, 5.41) is 0.990. The molecular formula is C34H40BrN3O2S2. The molecule has 4 aromatic rings. The summed E-state index contributed by atoms with van der Waals surface area (Å²) in [6.45, 7) is 4.42. The molecule has 3 aromatic carbocycles. The first kappa shape index (κ1) is 32.6. The van der Waals surface area contributed by atoms with Gasteiger partial charge in [-0.1, -0.05) is 76.6 Å². The van der Waals surface area contributed by atoms with Gasteiger partial charge in [0.2, 0.25) is 5.88 Å². The first-order valence-electron chi connectivity index (χ1n) is 14.3. The quantitative estimate of drug-likeness (QED) is 0.161. The average Bonchev–Trinajstić information content (AvgIpc) is 3.56. The zero-order chi connectivity index (χ0) is 27.5. The number of Topliss-reactive ketones (excluding diaryl/α,β-unsaturated/α-hetero) is 1. The summed E-state index contributed by atoms with van der Waals surface area (Å²) < 4.78 is 6.70. The van der Waals surface area contributed by atoms with E-state index < -0.39 is 5.92 Å². The number of aromatic nitrogens is 1. The molecule has 0 saturated carbocycles. The van der Waals surface area contributed by atoms with Crippen LogP contribution >= 0.6 is 42.9 Å². The van der Waals surface area contributed by atoms with E-state index in [-0.39, 0.29) is 32.8 Å². The Morgan fingerprint density at radius 3 is 2.31 bits per heavy atom. The fourth-order valence-electron chi connectivity index (χ4n) is 6.58. The Morgan fingerprint density at radius 1 is 0.929 bits per heavy atom. The van der Waals surface area contributed by atoms with Crippen LogP contribution in [-0.2, 0) is 11.3 Å². The monoisotopic (exact) mass is 665 g/mol. The predicted octanol–water partition coefficient (Wildman–Crippen LogP) is 7.06. The molecule has 2 fully saturated rings. The van der Waals surface area contributed by atoms with E-state index in [0.29, 0.717) is 24.4 Å². The molecule has 42 heavy (non-hydrogen) atoms. The van der Waals surface area contributed by atoms with E-state index >= 15 is 0 Å². The predicted molar refractivity (Wildman–Crippen MR) is 185 cm³/mol. The fraction of sp³-hybridized carbons (Fsp3) is 0.353. The fourth-order valence-corrected chi connectivity index (χ4v) is 6.96. The maximum absolute atomic E-state index is 13.8. The van der Waals surface area contributed by atoms with E-state index in [1.54, 1.807) is 7.11 Å². The maximum atomic E-state index is 13.8. The van der Waals surface area contributed by atoms with Gasteiger partial charge in [0.25, 0.3) is 0 Å². The number of halogens is 1. The van der Waals surface area contributed by atoms with Crippen LogP contribution in [0.2, 0.25) is 0 Å². The zero-order valence-electron chi connectivity index (χ0n) is 24.0. The van der Waals surface area contributed by atoms with Gasteiger partial charge in [-0.05, 0) is 61.2 Å². The minimum absolute atomic E-state index is 0. The molecule has 0 N–H and O–H groups in total. The van der Waals surface area contributed by atoms with Gasteiger partial charge >= 0.3 is 0 Å². The highest BCUT2D eigenvalue weighted by molar-refractivity contribution is 9.10. The number of benzene rings is 3. The molecule has 2 bridgehead atoms. The highest BCUT2D eigenvalue weighted by atomic mass is 79.9. The van der Waals surface area contributed by atoms with E-state index in [0.717, 1.165) is 65.5 Å². The summed E-state index contributed by atoms with van der Waals surface area (Å²) in [5.41, 5.74) is 4.07. The van der Waals surface area contributed by atoms with Crippen LogP contribution in [0.4, 0.5) is 0 Å². The molecule has 5 nitrogen and oxygen atoms in total. The summed E-state index contributed by atoms with van der Waals surface area (Å²) >= 11 is 3.57. The van der Waals surface area contributed by atoms with Crippen LogP contribution in [0.15, 0.2) is 89.4 Å². The lowest BCUT2D eigenvalue weighted by Crippen LogP contribution is -2.46. The summed E-state index contributed by atoms with van der Waals surface area (Å²) in [5.74, 6) is 0.337. The van der Waals surface area contributed by atoms with Crippen molar-refractivity contribution >= 4 is 59.6 Å². The molecule has 2 aliphatic heterocycles. The van der Waals surface area contributed by atoms with Crippen molar-refractivity contribution < 1.29 is 9.53 Å². The van der Waals surface area contributed by atoms with Crippen molar-refractivity contribution in [3.8, 4) is 5.88 Å². The Kier molecular flexibility index (Phi) is 11.5. The maximum Gasteiger partial charge on any atom is 0.217 e. The number of methoxy groups -OCH3 is 1. The van der Waals surface area contributed by atoms with Gasteiger partial charge in [-0.3, -0.25) is 14.6 Å². The van der Waals surface area contributed by atoms with Crippen LogP contribution in [0, 0.1) is 0 Å². The molecule has 0 aliphatic carbocycles. The van der Waals surface area contributed by atoms with Gasteiger partial charge in [0.15, 0.2) is 0 Å². The van der Waals surface area contributed by atoms with Crippen LogP contribution < -0.4 is 4.74 Å². The normalized spacial score (nSPS) is 18.8. The number of ketones is 1. The minimum Gasteiger partial charge on any atom is -0.481 e. The first-order valence-corrected chi connectivity index (χ1v) is 15.1. The Labute approximate surface area is 271 Å². The Hall–Kier alpha value is -2.36. The SMILES string of the molecule is COc1nc2ccc(Br)cc2cc1C(C(=O)CCCCN1CC2CC1CN2Cc1ccccc1)c1ccccc1.S.S. The molecule has 3 unspecified atom stereocenters. The molecular weight excluding hydrogens is 626 g/mol. The van der Waals surface area contributed by atoms with Crippen molar-refractivity contribution in [2.24, 2.45) is 0 Å². The van der Waals surface area contributed by atoms with Crippen molar-refractivity contribution in [1.82, 2.24) is 14.8 Å². The minimum atomic E-state index is -0.402. The molecule has 3 heterocycles. The number of pyridine rings is 1. The van der Waals surface area contributed by atoms with E-state index in [1.807, 2.05) is 48.5 Å². The molecule has 2 saturated heterocycles. The van der Waals surface area contributed by atoms with E-state index in [4.69, 9.17) is 9.72 Å². The van der Waals surface area contributed by atoms with Gasteiger partial charge in [-0.25, -0.2) is 4.98 Å². The number of carbonyl (C=O) groups is 1. The standard InChI is InChI=1S/C34H36BrN3O2.2H2S/c1-40-34-30(19-26-18-27(35)15-16-31(26)36-34)33(25-12-6-3-7-13-25)32(39)14-8-9-17-37-22-29-20-28(37)23-38(29)21-24-10-4-2-5-11-24;;/h2-7,10-13,15-16,18-19,28-29,33H,8-9,14,17,20-23H2,1H3;2*1H2. The van der Waals surface area contributed by atoms with Gasteiger partial charge in [0.05, 0.1) is 18.5 Å². The Morgan fingerprint density at radius 2 is 1.62 bits per heavy atom. The van der Waals surface area contributed by atoms with Crippen molar-refractivity contribution in [2.45, 2.75) is 50.2 Å². The molecule has 6 rings (SSSR count). The van der Waals surface area contributed by atoms with Gasteiger partial charge < -0.3 is 4.74 Å². The van der Waals surface area contributed by atoms with Gasteiger partial charge in [-0.2, -0.15) is 27.0 Å². The van der Waals surface area contributed by atoms with Crippen molar-refractivity contribution in [1.29, 1.82) is 0 Å². The number of piperazine rings is 1. The van der Waals surface area contributed by atoms with Gasteiger partial charge in [0.1, 0.15) is 5.78 Å². The van der Waals surface area contributed by atoms with Crippen molar-refractivity contribution in [2.75, 3.05) is 26.7 Å². The Balaban J connectivity index is 0.00000202. The Bertz CT molecular complexity index is 1470. The number of fused-ring (bicyclic) bond motifs is 3. The average molecular weight is 667 g/mol. The number of hydrogen-bond donors (Lipinski definition) is 0. The number of unbranched alkanes of at least 4 members (excludes halogenated alkanes) is 1. The van der Waals surface area contributed by atoms with Gasteiger partial charge in [0, 0.05) is 53.6 Å². The van der Waals surface area contributed by atoms with E-state index in [2.05, 4.69) is 62.1 Å². The van der Waals surface area contributed by atoms with E-state index in [9.17, 15) is 4.79 Å². The molecule has 3 atom stereocenters. The molecule has 0 amide bonds. The molecule has 8 heteroatoms. The third-order valence-electron chi connectivity index (χ3n) is 8.54. The summed E-state index contributed by atoms with van der Waals surface area (Å²) in [4.78, 5) is 23.9. The lowest BCUT2D eigenvalue weighted by molar-refractivity contribution is -0.119. The summed E-state index contributed by atoms with van der Waals surface area (Å²) in [6.07, 6.45) is 3.74. The van der Waals surface area contributed by atoms with Gasteiger partial charge in [-0.15, -0.1) is 0 Å².